The molecule has 0 saturated heterocycles. The molecule has 0 fully saturated rings. The Morgan fingerprint density at radius 2 is 2.13 bits per heavy atom. The van der Waals surface area contributed by atoms with Gasteiger partial charge in [-0.05, 0) is 31.5 Å². The fourth-order valence-electron chi connectivity index (χ4n) is 2.24. The topological polar surface area (TPSA) is 63.3 Å². The molecule has 0 aliphatic carbocycles. The summed E-state index contributed by atoms with van der Waals surface area (Å²) in [6.45, 7) is 4.14. The zero-order valence-electron chi connectivity index (χ0n) is 12.7. The molecule has 6 heteroatoms. The highest BCUT2D eigenvalue weighted by Gasteiger charge is 2.11. The Labute approximate surface area is 142 Å². The lowest BCUT2D eigenvalue weighted by molar-refractivity contribution is 0.0691. The summed E-state index contributed by atoms with van der Waals surface area (Å²) in [4.78, 5) is 14.9. The summed E-state index contributed by atoms with van der Waals surface area (Å²) in [5, 5.41) is 10.4. The summed E-state index contributed by atoms with van der Waals surface area (Å²) in [6, 6.07) is 10.2. The van der Waals surface area contributed by atoms with Crippen LogP contribution in [0.4, 0.5) is 0 Å². The number of furan rings is 1. The molecule has 0 aliphatic rings. The Hall–Kier alpha value is -2.05. The SMILES string of the molecule is Cc1ccc(-c2ccc(CSc3nc(C(=O)O)cs3)o2)c(C)c1. The molecule has 0 aliphatic heterocycles. The van der Waals surface area contributed by atoms with Gasteiger partial charge in [-0.1, -0.05) is 35.5 Å². The summed E-state index contributed by atoms with van der Waals surface area (Å²) in [5.41, 5.74) is 3.60. The van der Waals surface area contributed by atoms with Crippen LogP contribution in [0.5, 0.6) is 0 Å². The fourth-order valence-corrected chi connectivity index (χ4v) is 3.94. The molecule has 4 nitrogen and oxygen atoms in total. The van der Waals surface area contributed by atoms with Crippen molar-refractivity contribution in [3.05, 3.63) is 58.3 Å². The van der Waals surface area contributed by atoms with Gasteiger partial charge in [-0.2, -0.15) is 0 Å². The van der Waals surface area contributed by atoms with E-state index in [9.17, 15) is 4.79 Å². The van der Waals surface area contributed by atoms with Gasteiger partial charge in [-0.25, -0.2) is 9.78 Å². The highest BCUT2D eigenvalue weighted by atomic mass is 32.2. The molecule has 0 unspecified atom stereocenters. The van der Waals surface area contributed by atoms with Crippen LogP contribution < -0.4 is 0 Å². The van der Waals surface area contributed by atoms with Crippen LogP contribution in [0.15, 0.2) is 44.5 Å². The number of nitrogens with zero attached hydrogens (tertiary/aromatic N) is 1. The number of carboxylic acids is 1. The summed E-state index contributed by atoms with van der Waals surface area (Å²) in [5.74, 6) is 1.32. The van der Waals surface area contributed by atoms with Crippen LogP contribution in [-0.4, -0.2) is 16.1 Å². The van der Waals surface area contributed by atoms with Crippen molar-refractivity contribution < 1.29 is 14.3 Å². The Balaban J connectivity index is 1.70. The maximum Gasteiger partial charge on any atom is 0.355 e. The number of aromatic carboxylic acids is 1. The summed E-state index contributed by atoms with van der Waals surface area (Å²) in [7, 11) is 0. The number of rotatable bonds is 5. The normalized spacial score (nSPS) is 10.9. The minimum Gasteiger partial charge on any atom is -0.476 e. The monoisotopic (exact) mass is 345 g/mol. The van der Waals surface area contributed by atoms with E-state index in [1.807, 2.05) is 12.1 Å². The average Bonchev–Trinajstić information content (AvgIpc) is 3.14. The lowest BCUT2D eigenvalue weighted by Gasteiger charge is -2.03. The van der Waals surface area contributed by atoms with E-state index in [1.54, 1.807) is 5.38 Å². The smallest absolute Gasteiger partial charge is 0.355 e. The van der Waals surface area contributed by atoms with Gasteiger partial charge in [-0.15, -0.1) is 11.3 Å². The van der Waals surface area contributed by atoms with Gasteiger partial charge in [0, 0.05) is 10.9 Å². The third-order valence-corrected chi connectivity index (χ3v) is 5.39. The van der Waals surface area contributed by atoms with Crippen molar-refractivity contribution in [3.8, 4) is 11.3 Å². The van der Waals surface area contributed by atoms with E-state index in [0.717, 1.165) is 21.4 Å². The van der Waals surface area contributed by atoms with Gasteiger partial charge in [0.1, 0.15) is 11.5 Å². The van der Waals surface area contributed by atoms with Crippen LogP contribution in [0.1, 0.15) is 27.4 Å². The standard InChI is InChI=1S/C17H15NO3S2/c1-10-3-5-13(11(2)7-10)15-6-4-12(21-15)8-22-17-18-14(9-23-17)16(19)20/h3-7,9H,8H2,1-2H3,(H,19,20). The minimum atomic E-state index is -0.997. The van der Waals surface area contributed by atoms with E-state index < -0.39 is 5.97 Å². The average molecular weight is 345 g/mol. The lowest BCUT2D eigenvalue weighted by Crippen LogP contribution is -1.95. The maximum atomic E-state index is 10.8. The molecule has 0 atom stereocenters. The number of benzene rings is 1. The first-order valence-electron chi connectivity index (χ1n) is 7.01. The highest BCUT2D eigenvalue weighted by molar-refractivity contribution is 8.00. The van der Waals surface area contributed by atoms with Crippen LogP contribution in [0.25, 0.3) is 11.3 Å². The van der Waals surface area contributed by atoms with E-state index >= 15 is 0 Å². The number of thioether (sulfide) groups is 1. The zero-order chi connectivity index (χ0) is 16.4. The van der Waals surface area contributed by atoms with Gasteiger partial charge in [0.25, 0.3) is 0 Å². The number of aromatic nitrogens is 1. The van der Waals surface area contributed by atoms with Gasteiger partial charge in [0.2, 0.25) is 0 Å². The van der Waals surface area contributed by atoms with Gasteiger partial charge >= 0.3 is 5.97 Å². The predicted octanol–water partition coefficient (Wildman–Crippen LogP) is 5.01. The highest BCUT2D eigenvalue weighted by Crippen LogP contribution is 2.30. The van der Waals surface area contributed by atoms with Crippen LogP contribution in [0.2, 0.25) is 0 Å². The largest absolute Gasteiger partial charge is 0.476 e. The molecule has 0 spiro atoms. The molecular weight excluding hydrogens is 330 g/mol. The Morgan fingerprint density at radius 1 is 1.30 bits per heavy atom. The molecule has 0 bridgehead atoms. The van der Waals surface area contributed by atoms with Gasteiger partial charge < -0.3 is 9.52 Å². The second-order valence-electron chi connectivity index (χ2n) is 5.18. The fraction of sp³-hybridized carbons (Fsp3) is 0.176. The summed E-state index contributed by atoms with van der Waals surface area (Å²) < 4.78 is 6.63. The predicted molar refractivity (Wildman–Crippen MR) is 92.3 cm³/mol. The number of thiazole rings is 1. The second kappa shape index (κ2) is 6.60. The number of hydrogen-bond donors (Lipinski definition) is 1. The van der Waals surface area contributed by atoms with Crippen LogP contribution in [0, 0.1) is 13.8 Å². The van der Waals surface area contributed by atoms with E-state index in [-0.39, 0.29) is 5.69 Å². The van der Waals surface area contributed by atoms with Crippen molar-refractivity contribution in [2.45, 2.75) is 23.9 Å². The molecule has 3 rings (SSSR count). The van der Waals surface area contributed by atoms with Gasteiger partial charge in [-0.3, -0.25) is 0 Å². The maximum absolute atomic E-state index is 10.8. The van der Waals surface area contributed by atoms with E-state index in [0.29, 0.717) is 5.75 Å². The number of carboxylic acid groups (broad SMARTS) is 1. The molecule has 23 heavy (non-hydrogen) atoms. The van der Waals surface area contributed by atoms with Crippen LogP contribution in [-0.2, 0) is 5.75 Å². The van der Waals surface area contributed by atoms with E-state index in [4.69, 9.17) is 9.52 Å². The first-order chi connectivity index (χ1) is 11.0. The molecule has 2 heterocycles. The van der Waals surface area contributed by atoms with Crippen molar-refractivity contribution in [1.82, 2.24) is 4.98 Å². The Bertz CT molecular complexity index is 851. The molecule has 1 N–H and O–H groups in total. The van der Waals surface area contributed by atoms with E-state index in [1.165, 1.54) is 34.2 Å². The molecule has 0 radical (unpaired) electrons. The first kappa shape index (κ1) is 15.8. The van der Waals surface area contributed by atoms with Crippen LogP contribution >= 0.6 is 23.1 Å². The van der Waals surface area contributed by atoms with Crippen molar-refractivity contribution in [3.63, 3.8) is 0 Å². The van der Waals surface area contributed by atoms with Crippen molar-refractivity contribution >= 4 is 29.1 Å². The second-order valence-corrected chi connectivity index (χ2v) is 7.26. The van der Waals surface area contributed by atoms with Gasteiger partial charge in [0.15, 0.2) is 10.0 Å². The molecule has 0 saturated carbocycles. The molecule has 1 aromatic carbocycles. The minimum absolute atomic E-state index is 0.0907. The quantitative estimate of drug-likeness (QED) is 0.659. The molecule has 118 valence electrons. The lowest BCUT2D eigenvalue weighted by atomic mass is 10.0. The third-order valence-electron chi connectivity index (χ3n) is 3.35. The van der Waals surface area contributed by atoms with Crippen molar-refractivity contribution in [2.24, 2.45) is 0 Å². The van der Waals surface area contributed by atoms with E-state index in [2.05, 4.69) is 37.0 Å². The van der Waals surface area contributed by atoms with Crippen molar-refractivity contribution in [1.29, 1.82) is 0 Å². The molecule has 0 amide bonds. The Morgan fingerprint density at radius 3 is 2.83 bits per heavy atom. The third kappa shape index (κ3) is 3.65. The van der Waals surface area contributed by atoms with Gasteiger partial charge in [0.05, 0.1) is 5.75 Å². The molecule has 3 aromatic rings. The summed E-state index contributed by atoms with van der Waals surface area (Å²) >= 11 is 2.81. The zero-order valence-corrected chi connectivity index (χ0v) is 14.3. The first-order valence-corrected chi connectivity index (χ1v) is 8.87. The number of aryl methyl sites for hydroxylation is 2. The van der Waals surface area contributed by atoms with Crippen LogP contribution in [0.3, 0.4) is 0 Å². The molecule has 2 aromatic heterocycles. The Kier molecular flexibility index (Phi) is 4.54. The summed E-state index contributed by atoms with van der Waals surface area (Å²) in [6.07, 6.45) is 0. The van der Waals surface area contributed by atoms with Crippen molar-refractivity contribution in [2.75, 3.05) is 0 Å². The molecular formula is C17H15NO3S2. The number of carbonyl (C=O) groups is 1. The number of hydrogen-bond acceptors (Lipinski definition) is 5.